The number of aliphatic hydroxyl groups excluding tert-OH is 1. The number of rotatable bonds is 7. The van der Waals surface area contributed by atoms with Gasteiger partial charge in [-0.2, -0.15) is 0 Å². The van der Waals surface area contributed by atoms with E-state index in [-0.39, 0.29) is 11.3 Å². The van der Waals surface area contributed by atoms with Crippen LogP contribution in [-0.2, 0) is 9.59 Å². The van der Waals surface area contributed by atoms with Crippen molar-refractivity contribution in [1.29, 1.82) is 0 Å². The number of fused-ring (bicyclic) bond motifs is 2. The Balaban J connectivity index is 1.47. The number of aromatic nitrogens is 1. The molecule has 1 atom stereocenters. The van der Waals surface area contributed by atoms with Gasteiger partial charge in [0, 0.05) is 5.56 Å². The van der Waals surface area contributed by atoms with Gasteiger partial charge in [0.15, 0.2) is 16.6 Å². The van der Waals surface area contributed by atoms with Gasteiger partial charge in [0.2, 0.25) is 0 Å². The maximum atomic E-state index is 13.6. The van der Waals surface area contributed by atoms with Crippen LogP contribution >= 0.6 is 11.3 Å². The average Bonchev–Trinajstić information content (AvgIpc) is 3.50. The van der Waals surface area contributed by atoms with Gasteiger partial charge >= 0.3 is 5.91 Å². The fourth-order valence-corrected chi connectivity index (χ4v) is 5.99. The molecule has 0 radical (unpaired) electrons. The van der Waals surface area contributed by atoms with E-state index in [4.69, 9.17) is 19.2 Å². The van der Waals surface area contributed by atoms with Gasteiger partial charge in [0.25, 0.3) is 5.78 Å². The molecule has 3 aromatic carbocycles. The first-order chi connectivity index (χ1) is 19.4. The SMILES string of the molecule is CCCCOc1ccc([C@@H]2C(=C(O)c3ccc4c(c3)OCCO4)C(=O)C(=O)N2c2nc3ccc(C)cc3s2)cc1. The molecular weight excluding hydrogens is 528 g/mol. The monoisotopic (exact) mass is 556 g/mol. The van der Waals surface area contributed by atoms with Gasteiger partial charge in [-0.05, 0) is 66.9 Å². The Labute approximate surface area is 235 Å². The molecule has 0 unspecified atom stereocenters. The first-order valence-electron chi connectivity index (χ1n) is 13.3. The van der Waals surface area contributed by atoms with Crippen LogP contribution in [0.3, 0.4) is 0 Å². The Kier molecular flexibility index (Phi) is 6.89. The number of carbonyl (C=O) groups excluding carboxylic acids is 2. The molecular formula is C31H28N2O6S. The molecule has 6 rings (SSSR count). The number of aliphatic hydroxyl groups is 1. The summed E-state index contributed by atoms with van der Waals surface area (Å²) >= 11 is 1.33. The third-order valence-electron chi connectivity index (χ3n) is 6.96. The first-order valence-corrected chi connectivity index (χ1v) is 14.1. The number of nitrogens with zero attached hydrogens (tertiary/aromatic N) is 2. The number of thiazole rings is 1. The van der Waals surface area contributed by atoms with Gasteiger partial charge < -0.3 is 19.3 Å². The summed E-state index contributed by atoms with van der Waals surface area (Å²) in [4.78, 5) is 33.2. The van der Waals surface area contributed by atoms with Crippen molar-refractivity contribution in [3.8, 4) is 17.2 Å². The second kappa shape index (κ2) is 10.7. The van der Waals surface area contributed by atoms with Crippen LogP contribution in [0.15, 0.2) is 66.2 Å². The molecule has 1 amide bonds. The fraction of sp³-hybridized carbons (Fsp3) is 0.258. The summed E-state index contributed by atoms with van der Waals surface area (Å²) in [6.07, 6.45) is 1.96. The first kappa shape index (κ1) is 25.9. The second-order valence-electron chi connectivity index (χ2n) is 9.77. The summed E-state index contributed by atoms with van der Waals surface area (Å²) in [5.41, 5.74) is 2.79. The van der Waals surface area contributed by atoms with Crippen molar-refractivity contribution < 1.29 is 28.9 Å². The molecule has 9 heteroatoms. The van der Waals surface area contributed by atoms with Gasteiger partial charge in [-0.25, -0.2) is 4.98 Å². The quantitative estimate of drug-likeness (QED) is 0.126. The van der Waals surface area contributed by atoms with E-state index >= 15 is 0 Å². The van der Waals surface area contributed by atoms with Gasteiger partial charge in [0.05, 0.1) is 28.4 Å². The molecule has 204 valence electrons. The van der Waals surface area contributed by atoms with Crippen LogP contribution in [0.4, 0.5) is 5.13 Å². The van der Waals surface area contributed by atoms with Crippen LogP contribution in [0.25, 0.3) is 16.0 Å². The van der Waals surface area contributed by atoms with E-state index in [9.17, 15) is 14.7 Å². The lowest BCUT2D eigenvalue weighted by molar-refractivity contribution is -0.132. The zero-order valence-electron chi connectivity index (χ0n) is 22.2. The van der Waals surface area contributed by atoms with Crippen molar-refractivity contribution in [2.75, 3.05) is 24.7 Å². The van der Waals surface area contributed by atoms with Gasteiger partial charge in [-0.15, -0.1) is 0 Å². The Bertz CT molecular complexity index is 1640. The largest absolute Gasteiger partial charge is 0.507 e. The number of anilines is 1. The minimum absolute atomic E-state index is 0.0169. The number of hydrogen-bond donors (Lipinski definition) is 1. The number of Topliss-reactive ketones (excluding diaryl/α,β-unsaturated/α-hetero) is 1. The van der Waals surface area contributed by atoms with Crippen LogP contribution in [0, 0.1) is 6.92 Å². The number of ether oxygens (including phenoxy) is 3. The lowest BCUT2D eigenvalue weighted by Gasteiger charge is -2.23. The van der Waals surface area contributed by atoms with Crippen molar-refractivity contribution in [3.05, 3.63) is 82.9 Å². The van der Waals surface area contributed by atoms with E-state index in [1.165, 1.54) is 16.2 Å². The number of aryl methyl sites for hydroxylation is 1. The lowest BCUT2D eigenvalue weighted by Crippen LogP contribution is -2.29. The molecule has 1 saturated heterocycles. The molecule has 8 nitrogen and oxygen atoms in total. The highest BCUT2D eigenvalue weighted by Gasteiger charge is 2.48. The average molecular weight is 557 g/mol. The molecule has 40 heavy (non-hydrogen) atoms. The lowest BCUT2D eigenvalue weighted by atomic mass is 9.95. The molecule has 1 aromatic heterocycles. The minimum atomic E-state index is -0.889. The third-order valence-corrected chi connectivity index (χ3v) is 7.98. The highest BCUT2D eigenvalue weighted by molar-refractivity contribution is 7.22. The van der Waals surface area contributed by atoms with Crippen molar-refractivity contribution in [2.45, 2.75) is 32.7 Å². The number of ketones is 1. The molecule has 4 aromatic rings. The predicted octanol–water partition coefficient (Wildman–Crippen LogP) is 6.18. The maximum Gasteiger partial charge on any atom is 0.301 e. The molecule has 0 saturated carbocycles. The summed E-state index contributed by atoms with van der Waals surface area (Å²) in [7, 11) is 0. The fourth-order valence-electron chi connectivity index (χ4n) is 4.89. The molecule has 1 N–H and O–H groups in total. The molecule has 0 aliphatic carbocycles. The highest BCUT2D eigenvalue weighted by atomic mass is 32.1. The zero-order chi connectivity index (χ0) is 27.8. The van der Waals surface area contributed by atoms with Gasteiger partial charge in [-0.3, -0.25) is 14.5 Å². The zero-order valence-corrected chi connectivity index (χ0v) is 23.0. The molecule has 2 aliphatic heterocycles. The maximum absolute atomic E-state index is 13.6. The Hall–Kier alpha value is -4.37. The third kappa shape index (κ3) is 4.66. The van der Waals surface area contributed by atoms with Crippen LogP contribution in [0.1, 0.15) is 42.5 Å². The Morgan fingerprint density at radius 2 is 1.82 bits per heavy atom. The smallest absolute Gasteiger partial charge is 0.301 e. The van der Waals surface area contributed by atoms with E-state index in [1.807, 2.05) is 49.4 Å². The van der Waals surface area contributed by atoms with E-state index in [0.717, 1.165) is 28.6 Å². The summed E-state index contributed by atoms with van der Waals surface area (Å²) in [5.74, 6) is -0.0989. The molecule has 1 fully saturated rings. The van der Waals surface area contributed by atoms with Crippen LogP contribution < -0.4 is 19.1 Å². The topological polar surface area (TPSA) is 98.2 Å². The van der Waals surface area contributed by atoms with Crippen molar-refractivity contribution in [3.63, 3.8) is 0 Å². The molecule has 0 bridgehead atoms. The number of hydrogen-bond acceptors (Lipinski definition) is 8. The molecule has 0 spiro atoms. The van der Waals surface area contributed by atoms with Crippen LogP contribution in [-0.4, -0.2) is 41.6 Å². The molecule has 2 aliphatic rings. The van der Waals surface area contributed by atoms with Crippen LogP contribution in [0.2, 0.25) is 0 Å². The Morgan fingerprint density at radius 3 is 2.60 bits per heavy atom. The number of unbranched alkanes of at least 4 members (excludes halogenated alkanes) is 1. The predicted molar refractivity (Wildman–Crippen MR) is 153 cm³/mol. The second-order valence-corrected chi connectivity index (χ2v) is 10.8. The minimum Gasteiger partial charge on any atom is -0.507 e. The van der Waals surface area contributed by atoms with E-state index in [0.29, 0.717) is 53.3 Å². The van der Waals surface area contributed by atoms with Gasteiger partial charge in [-0.1, -0.05) is 42.9 Å². The van der Waals surface area contributed by atoms with E-state index < -0.39 is 17.7 Å². The van der Waals surface area contributed by atoms with Crippen molar-refractivity contribution in [1.82, 2.24) is 4.98 Å². The standard InChI is InChI=1S/C31H28N2O6S/c1-3-4-13-37-21-9-6-19(7-10-21)27-26(28(34)20-8-12-23-24(17-20)39-15-14-38-23)29(35)30(36)33(27)31-32-22-11-5-18(2)16-25(22)40-31/h5-12,16-17,27,34H,3-4,13-15H2,1-2H3/t27-/m1/s1. The summed E-state index contributed by atoms with van der Waals surface area (Å²) in [6.45, 7) is 5.50. The van der Waals surface area contributed by atoms with Gasteiger partial charge in [0.1, 0.15) is 24.7 Å². The van der Waals surface area contributed by atoms with Crippen molar-refractivity contribution >= 4 is 44.1 Å². The number of amides is 1. The summed E-state index contributed by atoms with van der Waals surface area (Å²) in [5, 5.41) is 11.9. The Morgan fingerprint density at radius 1 is 1.05 bits per heavy atom. The van der Waals surface area contributed by atoms with E-state index in [1.54, 1.807) is 18.2 Å². The normalized spacial score (nSPS) is 17.9. The molecule has 3 heterocycles. The van der Waals surface area contributed by atoms with Crippen molar-refractivity contribution in [2.24, 2.45) is 0 Å². The summed E-state index contributed by atoms with van der Waals surface area (Å²) in [6, 6.07) is 17.2. The van der Waals surface area contributed by atoms with E-state index in [2.05, 4.69) is 6.92 Å². The number of carbonyl (C=O) groups is 2. The highest BCUT2D eigenvalue weighted by Crippen LogP contribution is 2.45. The number of benzene rings is 3. The summed E-state index contributed by atoms with van der Waals surface area (Å²) < 4.78 is 18.0. The van der Waals surface area contributed by atoms with Crippen LogP contribution in [0.5, 0.6) is 17.2 Å².